The van der Waals surface area contributed by atoms with Crippen LogP contribution in [0.25, 0.3) is 0 Å². The second kappa shape index (κ2) is 53.1. The lowest BCUT2D eigenvalue weighted by atomic mass is 10.1. The van der Waals surface area contributed by atoms with E-state index < -0.39 is 6.10 Å². The van der Waals surface area contributed by atoms with Crippen molar-refractivity contribution in [2.45, 2.75) is 194 Å². The van der Waals surface area contributed by atoms with Crippen LogP contribution in [0, 0.1) is 0 Å². The minimum absolute atomic E-state index is 0.0136. The minimum atomic E-state index is -0.621. The molecule has 1 atom stereocenters. The lowest BCUT2D eigenvalue weighted by Crippen LogP contribution is -2.29. The van der Waals surface area contributed by atoms with Crippen molar-refractivity contribution in [1.29, 1.82) is 0 Å². The zero-order valence-electron chi connectivity index (χ0n) is 41.0. The number of unbranched alkanes of at least 4 members (excludes halogenated alkanes) is 10. The number of carbonyl (C=O) groups excluding carboxylic acids is 2. The molecule has 0 aromatic heterocycles. The highest BCUT2D eigenvalue weighted by molar-refractivity contribution is 5.71. The molecule has 0 bridgehead atoms. The molecule has 5 heteroatoms. The van der Waals surface area contributed by atoms with E-state index in [1.807, 2.05) is 12.2 Å². The summed E-state index contributed by atoms with van der Waals surface area (Å²) in [6.07, 6.45) is 77.4. The summed E-state index contributed by atoms with van der Waals surface area (Å²) in [7, 11) is 0. The molecule has 0 rings (SSSR count). The van der Waals surface area contributed by atoms with E-state index in [2.05, 4.69) is 154 Å². The molecule has 64 heavy (non-hydrogen) atoms. The summed E-state index contributed by atoms with van der Waals surface area (Å²) in [5.74, 6) is -0.600. The molecular weight excluding hydrogens is 789 g/mol. The normalized spacial score (nSPS) is 13.5. The molecule has 0 radical (unpaired) electrons. The Morgan fingerprint density at radius 1 is 0.375 bits per heavy atom. The van der Waals surface area contributed by atoms with Gasteiger partial charge in [0.25, 0.3) is 0 Å². The third kappa shape index (κ3) is 50.4. The largest absolute Gasteiger partial charge is 0.462 e. The molecule has 0 aliphatic rings. The number of esters is 2. The van der Waals surface area contributed by atoms with Gasteiger partial charge in [0.2, 0.25) is 0 Å². The Morgan fingerprint density at radius 2 is 0.750 bits per heavy atom. The standard InChI is InChI=1S/C59H92O5/c1-4-7-10-13-16-19-22-25-28-29-30-31-33-34-37-40-43-46-49-52-58(60)63-56-57(55-62-54-51-48-45-42-39-36-27-24-21-18-15-12-9-6-3)64-59(61)53-50-47-44-41-38-35-32-26-23-20-17-14-11-8-5-2/h7-8,10-12,15-17,19-21,24-26,28,30-32,34,37-38,41,47,50,57H,4-6,9,13-14,18,22-23,27,29,33,35-36,39-40,42-46,48-49,51-56H2,1-3H3/b10-7-,11-8-,15-12-,19-16-,20-17-,24-21-,28-25-,31-30-,32-26-,37-34-,41-38-,50-47-. The second-order valence-electron chi connectivity index (χ2n) is 16.0. The summed E-state index contributed by atoms with van der Waals surface area (Å²) in [6.45, 7) is 7.34. The summed E-state index contributed by atoms with van der Waals surface area (Å²) < 4.78 is 17.2. The summed E-state index contributed by atoms with van der Waals surface area (Å²) in [5, 5.41) is 0. The number of hydrogen-bond donors (Lipinski definition) is 0. The van der Waals surface area contributed by atoms with Gasteiger partial charge in [0.05, 0.1) is 13.0 Å². The maximum atomic E-state index is 12.7. The maximum absolute atomic E-state index is 12.7. The SMILES string of the molecule is CC/C=C\C/C=C\C/C=C\C/C=C\C/C=C\CCCCCC(=O)OCC(COCCCCCCCC/C=C\C/C=C\CCC)OC(=O)C/C=C\C/C=C\C/C=C\C/C=C\C/C=C\CC. The maximum Gasteiger partial charge on any atom is 0.310 e. The number of ether oxygens (including phenoxy) is 3. The van der Waals surface area contributed by atoms with Crippen molar-refractivity contribution < 1.29 is 23.8 Å². The molecule has 0 aliphatic carbocycles. The molecule has 0 amide bonds. The van der Waals surface area contributed by atoms with Crippen LogP contribution in [0.15, 0.2) is 146 Å². The van der Waals surface area contributed by atoms with Crippen molar-refractivity contribution in [3.63, 3.8) is 0 Å². The lowest BCUT2D eigenvalue weighted by Gasteiger charge is -2.18. The van der Waals surface area contributed by atoms with Crippen molar-refractivity contribution in [1.82, 2.24) is 0 Å². The number of allylic oxidation sites excluding steroid dienone is 23. The minimum Gasteiger partial charge on any atom is -0.462 e. The molecule has 358 valence electrons. The van der Waals surface area contributed by atoms with Crippen LogP contribution in [-0.2, 0) is 23.8 Å². The Balaban J connectivity index is 4.50. The van der Waals surface area contributed by atoms with Gasteiger partial charge >= 0.3 is 11.9 Å². The van der Waals surface area contributed by atoms with Gasteiger partial charge in [0.15, 0.2) is 6.10 Å². The van der Waals surface area contributed by atoms with Gasteiger partial charge in [0, 0.05) is 13.0 Å². The zero-order valence-corrected chi connectivity index (χ0v) is 41.0. The predicted octanol–water partition coefficient (Wildman–Crippen LogP) is 17.3. The van der Waals surface area contributed by atoms with Crippen LogP contribution < -0.4 is 0 Å². The third-order valence-corrected chi connectivity index (χ3v) is 9.85. The predicted molar refractivity (Wildman–Crippen MR) is 278 cm³/mol. The van der Waals surface area contributed by atoms with Crippen LogP contribution >= 0.6 is 0 Å². The molecular formula is C59H92O5. The van der Waals surface area contributed by atoms with Crippen molar-refractivity contribution in [3.05, 3.63) is 146 Å². The third-order valence-electron chi connectivity index (χ3n) is 9.85. The van der Waals surface area contributed by atoms with Gasteiger partial charge in [-0.2, -0.15) is 0 Å². The van der Waals surface area contributed by atoms with Crippen LogP contribution in [0.5, 0.6) is 0 Å². The molecule has 0 saturated carbocycles. The molecule has 0 fully saturated rings. The smallest absolute Gasteiger partial charge is 0.310 e. The van der Waals surface area contributed by atoms with E-state index in [4.69, 9.17) is 14.2 Å². The summed E-state index contributed by atoms with van der Waals surface area (Å²) in [6, 6.07) is 0. The van der Waals surface area contributed by atoms with Crippen LogP contribution in [-0.4, -0.2) is 37.9 Å². The van der Waals surface area contributed by atoms with Crippen molar-refractivity contribution >= 4 is 11.9 Å². The highest BCUT2D eigenvalue weighted by Crippen LogP contribution is 2.10. The van der Waals surface area contributed by atoms with E-state index in [-0.39, 0.29) is 31.6 Å². The Labute approximate surface area is 393 Å². The first-order chi connectivity index (χ1) is 31.6. The van der Waals surface area contributed by atoms with Gasteiger partial charge in [-0.3, -0.25) is 9.59 Å². The molecule has 5 nitrogen and oxygen atoms in total. The lowest BCUT2D eigenvalue weighted by molar-refractivity contribution is -0.162. The Kier molecular flexibility index (Phi) is 49.6. The average Bonchev–Trinajstić information content (AvgIpc) is 3.30. The monoisotopic (exact) mass is 881 g/mol. The molecule has 0 aromatic rings. The second-order valence-corrected chi connectivity index (χ2v) is 16.0. The molecule has 0 spiro atoms. The Morgan fingerprint density at radius 3 is 1.20 bits per heavy atom. The molecule has 0 N–H and O–H groups in total. The fraction of sp³-hybridized carbons (Fsp3) is 0.559. The van der Waals surface area contributed by atoms with Gasteiger partial charge in [-0.05, 0) is 116 Å². The topological polar surface area (TPSA) is 61.8 Å². The molecule has 0 heterocycles. The summed E-state index contributed by atoms with van der Waals surface area (Å²) >= 11 is 0. The quantitative estimate of drug-likeness (QED) is 0.0347. The van der Waals surface area contributed by atoms with E-state index in [1.165, 1.54) is 38.5 Å². The molecule has 1 unspecified atom stereocenters. The first kappa shape index (κ1) is 59.8. The Hall–Kier alpha value is -4.22. The Bertz CT molecular complexity index is 1410. The molecule has 0 aliphatic heterocycles. The van der Waals surface area contributed by atoms with E-state index in [0.717, 1.165) is 116 Å². The van der Waals surface area contributed by atoms with Gasteiger partial charge in [0.1, 0.15) is 6.61 Å². The van der Waals surface area contributed by atoms with Gasteiger partial charge in [-0.25, -0.2) is 0 Å². The molecule has 0 aromatic carbocycles. The highest BCUT2D eigenvalue weighted by Gasteiger charge is 2.17. The number of hydrogen-bond acceptors (Lipinski definition) is 5. The van der Waals surface area contributed by atoms with Gasteiger partial charge in [-0.1, -0.05) is 205 Å². The van der Waals surface area contributed by atoms with Gasteiger partial charge in [-0.15, -0.1) is 0 Å². The summed E-state index contributed by atoms with van der Waals surface area (Å²) in [5.41, 5.74) is 0. The first-order valence-corrected chi connectivity index (χ1v) is 25.4. The van der Waals surface area contributed by atoms with E-state index in [0.29, 0.717) is 13.0 Å². The van der Waals surface area contributed by atoms with E-state index in [9.17, 15) is 9.59 Å². The number of carbonyl (C=O) groups is 2. The average molecular weight is 881 g/mol. The van der Waals surface area contributed by atoms with Crippen molar-refractivity contribution in [2.75, 3.05) is 19.8 Å². The van der Waals surface area contributed by atoms with Crippen LogP contribution in [0.2, 0.25) is 0 Å². The fourth-order valence-electron chi connectivity index (χ4n) is 6.18. The van der Waals surface area contributed by atoms with E-state index >= 15 is 0 Å². The van der Waals surface area contributed by atoms with Crippen LogP contribution in [0.4, 0.5) is 0 Å². The van der Waals surface area contributed by atoms with Crippen LogP contribution in [0.1, 0.15) is 188 Å². The fourth-order valence-corrected chi connectivity index (χ4v) is 6.18. The first-order valence-electron chi connectivity index (χ1n) is 25.4. The van der Waals surface area contributed by atoms with Crippen LogP contribution in [0.3, 0.4) is 0 Å². The molecule has 0 saturated heterocycles. The van der Waals surface area contributed by atoms with Crippen molar-refractivity contribution in [3.8, 4) is 0 Å². The summed E-state index contributed by atoms with van der Waals surface area (Å²) in [4.78, 5) is 25.3. The van der Waals surface area contributed by atoms with Crippen molar-refractivity contribution in [2.24, 2.45) is 0 Å². The van der Waals surface area contributed by atoms with Gasteiger partial charge < -0.3 is 14.2 Å². The highest BCUT2D eigenvalue weighted by atomic mass is 16.6. The zero-order chi connectivity index (χ0) is 46.3. The van der Waals surface area contributed by atoms with E-state index in [1.54, 1.807) is 0 Å². The number of rotatable bonds is 44.